The molecular weight excluding hydrogens is 258 g/mol. The van der Waals surface area contributed by atoms with Gasteiger partial charge in [-0.2, -0.15) is 0 Å². The fourth-order valence-electron chi connectivity index (χ4n) is 1.59. The van der Waals surface area contributed by atoms with E-state index in [1.165, 1.54) is 0 Å². The Labute approximate surface area is 117 Å². The van der Waals surface area contributed by atoms with Gasteiger partial charge in [-0.25, -0.2) is 15.0 Å². The maximum Gasteiger partial charge on any atom is 0.135 e. The van der Waals surface area contributed by atoms with E-state index in [-0.39, 0.29) is 0 Å². The van der Waals surface area contributed by atoms with Crippen LogP contribution >= 0.6 is 11.3 Å². The Morgan fingerprint density at radius 1 is 1.21 bits per heavy atom. The summed E-state index contributed by atoms with van der Waals surface area (Å²) >= 11 is 1.63. The molecule has 0 atom stereocenters. The molecule has 2 heterocycles. The summed E-state index contributed by atoms with van der Waals surface area (Å²) in [5, 5.41) is 9.55. The van der Waals surface area contributed by atoms with Crippen molar-refractivity contribution in [3.63, 3.8) is 0 Å². The van der Waals surface area contributed by atoms with E-state index < -0.39 is 0 Å². The number of hydrogen-bond donors (Lipinski definition) is 2. The minimum atomic E-state index is 0.305. The van der Waals surface area contributed by atoms with Crippen molar-refractivity contribution in [3.05, 3.63) is 28.5 Å². The molecule has 0 aliphatic heterocycles. The van der Waals surface area contributed by atoms with Crippen molar-refractivity contribution in [3.8, 4) is 0 Å². The van der Waals surface area contributed by atoms with Gasteiger partial charge in [0.05, 0.1) is 6.54 Å². The Balaban J connectivity index is 2.13. The monoisotopic (exact) mass is 277 g/mol. The smallest absolute Gasteiger partial charge is 0.135 e. The summed E-state index contributed by atoms with van der Waals surface area (Å²) < 4.78 is 0. The second-order valence-corrected chi connectivity index (χ2v) is 5.44. The van der Waals surface area contributed by atoms with Gasteiger partial charge in [-0.1, -0.05) is 13.8 Å². The van der Waals surface area contributed by atoms with Gasteiger partial charge < -0.3 is 10.6 Å². The molecule has 0 saturated carbocycles. The van der Waals surface area contributed by atoms with Crippen LogP contribution in [0.1, 0.15) is 37.5 Å². The van der Waals surface area contributed by atoms with Crippen LogP contribution in [0.2, 0.25) is 0 Å². The average Bonchev–Trinajstić information content (AvgIpc) is 2.89. The van der Waals surface area contributed by atoms with Crippen molar-refractivity contribution in [2.24, 2.45) is 0 Å². The van der Waals surface area contributed by atoms with Crippen LogP contribution in [-0.4, -0.2) is 21.5 Å². The van der Waals surface area contributed by atoms with E-state index in [9.17, 15) is 0 Å². The summed E-state index contributed by atoms with van der Waals surface area (Å²) in [7, 11) is 0. The van der Waals surface area contributed by atoms with Crippen molar-refractivity contribution in [2.75, 3.05) is 17.2 Å². The molecular formula is C13H19N5S. The van der Waals surface area contributed by atoms with Crippen molar-refractivity contribution in [2.45, 2.75) is 33.2 Å². The quantitative estimate of drug-likeness (QED) is 0.849. The zero-order valence-electron chi connectivity index (χ0n) is 11.5. The van der Waals surface area contributed by atoms with Gasteiger partial charge in [0.2, 0.25) is 0 Å². The van der Waals surface area contributed by atoms with Crippen LogP contribution in [0.5, 0.6) is 0 Å². The van der Waals surface area contributed by atoms with Crippen molar-refractivity contribution in [1.82, 2.24) is 15.0 Å². The topological polar surface area (TPSA) is 62.7 Å². The summed E-state index contributed by atoms with van der Waals surface area (Å²) in [6.45, 7) is 7.78. The van der Waals surface area contributed by atoms with Crippen molar-refractivity contribution < 1.29 is 0 Å². The number of anilines is 2. The van der Waals surface area contributed by atoms with Gasteiger partial charge >= 0.3 is 0 Å². The molecule has 0 aromatic carbocycles. The van der Waals surface area contributed by atoms with E-state index in [4.69, 9.17) is 0 Å². The summed E-state index contributed by atoms with van der Waals surface area (Å²) in [6, 6.07) is 1.93. The van der Waals surface area contributed by atoms with E-state index in [0.717, 1.165) is 29.0 Å². The molecule has 0 bridgehead atoms. The Morgan fingerprint density at radius 2 is 1.95 bits per heavy atom. The number of nitrogens with one attached hydrogen (secondary N) is 2. The fraction of sp³-hybridized carbons (Fsp3) is 0.462. The second-order valence-electron chi connectivity index (χ2n) is 4.46. The lowest BCUT2D eigenvalue weighted by molar-refractivity contribution is 0.775. The lowest BCUT2D eigenvalue weighted by atomic mass is 10.2. The lowest BCUT2D eigenvalue weighted by Crippen LogP contribution is -2.09. The summed E-state index contributed by atoms with van der Waals surface area (Å²) in [5.41, 5.74) is 0. The van der Waals surface area contributed by atoms with Crippen LogP contribution in [0.25, 0.3) is 0 Å². The molecule has 0 unspecified atom stereocenters. The van der Waals surface area contributed by atoms with Crippen molar-refractivity contribution in [1.29, 1.82) is 0 Å². The highest BCUT2D eigenvalue weighted by Gasteiger charge is 2.08. The standard InChI is InChI=1S/C13H19N5S/c1-4-14-10-7-11(18-13(17-10)9(2)3)16-8-12-15-5-6-19-12/h5-7,9H,4,8H2,1-3H3,(H2,14,16,17,18). The fourth-order valence-corrected chi connectivity index (χ4v) is 2.15. The summed E-state index contributed by atoms with van der Waals surface area (Å²) in [4.78, 5) is 13.3. The van der Waals surface area contributed by atoms with Crippen LogP contribution in [0.3, 0.4) is 0 Å². The highest BCUT2D eigenvalue weighted by atomic mass is 32.1. The van der Waals surface area contributed by atoms with E-state index in [1.54, 1.807) is 11.3 Å². The zero-order valence-corrected chi connectivity index (χ0v) is 12.3. The first-order valence-electron chi connectivity index (χ1n) is 6.44. The van der Waals surface area contributed by atoms with E-state index in [1.807, 2.05) is 17.6 Å². The van der Waals surface area contributed by atoms with Gasteiger partial charge in [-0.15, -0.1) is 11.3 Å². The maximum absolute atomic E-state index is 4.53. The maximum atomic E-state index is 4.53. The number of aromatic nitrogens is 3. The molecule has 0 aliphatic rings. The van der Waals surface area contributed by atoms with Crippen LogP contribution in [0, 0.1) is 0 Å². The molecule has 0 spiro atoms. The largest absolute Gasteiger partial charge is 0.370 e. The third kappa shape index (κ3) is 3.89. The predicted octanol–water partition coefficient (Wildman–Crippen LogP) is 3.10. The molecule has 102 valence electrons. The highest BCUT2D eigenvalue weighted by molar-refractivity contribution is 7.09. The normalized spacial score (nSPS) is 10.7. The predicted molar refractivity (Wildman–Crippen MR) is 79.7 cm³/mol. The van der Waals surface area contributed by atoms with Crippen molar-refractivity contribution >= 4 is 23.0 Å². The van der Waals surface area contributed by atoms with E-state index >= 15 is 0 Å². The average molecular weight is 277 g/mol. The van der Waals surface area contributed by atoms with E-state index in [2.05, 4.69) is 46.4 Å². The minimum Gasteiger partial charge on any atom is -0.370 e. The molecule has 0 amide bonds. The third-order valence-electron chi connectivity index (χ3n) is 2.52. The third-order valence-corrected chi connectivity index (χ3v) is 3.30. The molecule has 0 aliphatic carbocycles. The number of rotatable bonds is 6. The molecule has 0 fully saturated rings. The number of thiazole rings is 1. The lowest BCUT2D eigenvalue weighted by Gasteiger charge is -2.11. The van der Waals surface area contributed by atoms with Crippen LogP contribution in [0.15, 0.2) is 17.6 Å². The van der Waals surface area contributed by atoms with Crippen LogP contribution in [0.4, 0.5) is 11.6 Å². The molecule has 2 rings (SSSR count). The molecule has 0 saturated heterocycles. The highest BCUT2D eigenvalue weighted by Crippen LogP contribution is 2.17. The Morgan fingerprint density at radius 3 is 2.53 bits per heavy atom. The van der Waals surface area contributed by atoms with Crippen LogP contribution in [-0.2, 0) is 6.54 Å². The molecule has 2 aromatic rings. The first kappa shape index (κ1) is 13.7. The minimum absolute atomic E-state index is 0.305. The molecule has 5 nitrogen and oxygen atoms in total. The molecule has 2 N–H and O–H groups in total. The molecule has 19 heavy (non-hydrogen) atoms. The Bertz CT molecular complexity index is 510. The van der Waals surface area contributed by atoms with Gasteiger partial charge in [0.25, 0.3) is 0 Å². The van der Waals surface area contributed by atoms with Gasteiger partial charge in [0.1, 0.15) is 22.5 Å². The molecule has 2 aromatic heterocycles. The first-order valence-corrected chi connectivity index (χ1v) is 7.32. The van der Waals surface area contributed by atoms with Crippen LogP contribution < -0.4 is 10.6 Å². The number of hydrogen-bond acceptors (Lipinski definition) is 6. The second kappa shape index (κ2) is 6.47. The summed E-state index contributed by atoms with van der Waals surface area (Å²) in [6.07, 6.45) is 1.81. The SMILES string of the molecule is CCNc1cc(NCc2nccs2)nc(C(C)C)n1. The molecule has 6 heteroatoms. The van der Waals surface area contributed by atoms with Gasteiger partial charge in [-0.3, -0.25) is 0 Å². The Hall–Kier alpha value is -1.69. The summed E-state index contributed by atoms with van der Waals surface area (Å²) in [5.74, 6) is 2.85. The van der Waals surface area contributed by atoms with Gasteiger partial charge in [0.15, 0.2) is 0 Å². The van der Waals surface area contributed by atoms with Gasteiger partial charge in [-0.05, 0) is 6.92 Å². The Kier molecular flexibility index (Phi) is 4.68. The first-order chi connectivity index (χ1) is 9.19. The number of nitrogens with zero attached hydrogens (tertiary/aromatic N) is 3. The van der Waals surface area contributed by atoms with Gasteiger partial charge in [0, 0.05) is 30.1 Å². The molecule has 0 radical (unpaired) electrons. The zero-order chi connectivity index (χ0) is 13.7. The van der Waals surface area contributed by atoms with E-state index in [0.29, 0.717) is 12.5 Å².